The van der Waals surface area contributed by atoms with E-state index in [1.54, 1.807) is 30.1 Å². The number of carbonyl (C=O) groups is 1. The van der Waals surface area contributed by atoms with E-state index < -0.39 is 17.6 Å². The summed E-state index contributed by atoms with van der Waals surface area (Å²) in [5.41, 5.74) is 1.11. The van der Waals surface area contributed by atoms with Crippen molar-refractivity contribution in [2.24, 2.45) is 0 Å². The Morgan fingerprint density at radius 2 is 1.90 bits per heavy atom. The zero-order valence-corrected chi connectivity index (χ0v) is 11.3. The molecule has 0 amide bonds. The molecule has 21 heavy (non-hydrogen) atoms. The standard InChI is InChI=1S/C16H13F2NO2/c1-19(12-5-2-4-11(17)10-12)15-7-3-6-14(18)13(15)8-9-16(20)21/h2-10H,1H3,(H,20,21)/b9-8+. The summed E-state index contributed by atoms with van der Waals surface area (Å²) < 4.78 is 27.2. The highest BCUT2D eigenvalue weighted by Crippen LogP contribution is 2.29. The van der Waals surface area contributed by atoms with Crippen LogP contribution < -0.4 is 4.90 Å². The first-order valence-corrected chi connectivity index (χ1v) is 6.18. The van der Waals surface area contributed by atoms with Crippen LogP contribution in [0.15, 0.2) is 48.5 Å². The van der Waals surface area contributed by atoms with Gasteiger partial charge < -0.3 is 10.0 Å². The monoisotopic (exact) mass is 289 g/mol. The highest BCUT2D eigenvalue weighted by Gasteiger charge is 2.12. The van der Waals surface area contributed by atoms with E-state index in [9.17, 15) is 13.6 Å². The van der Waals surface area contributed by atoms with E-state index >= 15 is 0 Å². The van der Waals surface area contributed by atoms with Crippen LogP contribution in [0.25, 0.3) is 6.08 Å². The Bertz CT molecular complexity index is 698. The number of carboxylic acid groups (broad SMARTS) is 1. The van der Waals surface area contributed by atoms with Gasteiger partial charge in [-0.3, -0.25) is 0 Å². The van der Waals surface area contributed by atoms with Crippen molar-refractivity contribution in [3.8, 4) is 0 Å². The number of nitrogens with zero attached hydrogens (tertiary/aromatic N) is 1. The van der Waals surface area contributed by atoms with E-state index in [4.69, 9.17) is 5.11 Å². The van der Waals surface area contributed by atoms with E-state index in [2.05, 4.69) is 0 Å². The van der Waals surface area contributed by atoms with Gasteiger partial charge in [-0.15, -0.1) is 0 Å². The van der Waals surface area contributed by atoms with Gasteiger partial charge in [0.05, 0.1) is 5.69 Å². The molecule has 108 valence electrons. The topological polar surface area (TPSA) is 40.5 Å². The maximum Gasteiger partial charge on any atom is 0.328 e. The molecule has 0 bridgehead atoms. The number of carboxylic acids is 1. The van der Waals surface area contributed by atoms with Gasteiger partial charge in [-0.05, 0) is 36.4 Å². The Labute approximate surface area is 120 Å². The molecule has 2 aromatic carbocycles. The molecule has 0 aliphatic carbocycles. The molecule has 3 nitrogen and oxygen atoms in total. The number of rotatable bonds is 4. The van der Waals surface area contributed by atoms with Gasteiger partial charge in [0.2, 0.25) is 0 Å². The van der Waals surface area contributed by atoms with Gasteiger partial charge >= 0.3 is 5.97 Å². The maximum absolute atomic E-state index is 13.9. The molecule has 2 aromatic rings. The van der Waals surface area contributed by atoms with Gasteiger partial charge in [0, 0.05) is 24.4 Å². The summed E-state index contributed by atoms with van der Waals surface area (Å²) in [7, 11) is 1.65. The minimum atomic E-state index is -1.17. The second kappa shape index (κ2) is 6.17. The van der Waals surface area contributed by atoms with Gasteiger partial charge in [0.1, 0.15) is 11.6 Å². The van der Waals surface area contributed by atoms with E-state index in [1.165, 1.54) is 30.3 Å². The molecular weight excluding hydrogens is 276 g/mol. The lowest BCUT2D eigenvalue weighted by Gasteiger charge is -2.22. The smallest absolute Gasteiger partial charge is 0.328 e. The normalized spacial score (nSPS) is 10.8. The minimum Gasteiger partial charge on any atom is -0.478 e. The number of anilines is 2. The summed E-state index contributed by atoms with van der Waals surface area (Å²) in [6, 6.07) is 10.2. The van der Waals surface area contributed by atoms with Crippen LogP contribution in [0.4, 0.5) is 20.2 Å². The van der Waals surface area contributed by atoms with Crippen LogP contribution in [0.5, 0.6) is 0 Å². The molecule has 0 saturated heterocycles. The largest absolute Gasteiger partial charge is 0.478 e. The summed E-state index contributed by atoms with van der Waals surface area (Å²) in [5.74, 6) is -2.12. The van der Waals surface area contributed by atoms with E-state index in [1.807, 2.05) is 0 Å². The molecule has 0 saturated carbocycles. The fourth-order valence-electron chi connectivity index (χ4n) is 1.96. The Morgan fingerprint density at radius 1 is 1.19 bits per heavy atom. The molecule has 5 heteroatoms. The summed E-state index contributed by atoms with van der Waals surface area (Å²) in [5, 5.41) is 8.68. The number of aliphatic carboxylic acids is 1. The Balaban J connectivity index is 2.48. The SMILES string of the molecule is CN(c1cccc(F)c1)c1cccc(F)c1/C=C/C(=O)O. The second-order valence-corrected chi connectivity index (χ2v) is 4.38. The lowest BCUT2D eigenvalue weighted by molar-refractivity contribution is -0.131. The zero-order valence-electron chi connectivity index (χ0n) is 11.3. The van der Waals surface area contributed by atoms with Crippen molar-refractivity contribution < 1.29 is 18.7 Å². The summed E-state index contributed by atoms with van der Waals surface area (Å²) in [6.07, 6.45) is 2.05. The summed E-state index contributed by atoms with van der Waals surface area (Å²) in [6.45, 7) is 0. The van der Waals surface area contributed by atoms with Crippen molar-refractivity contribution in [1.82, 2.24) is 0 Å². The Hall–Kier alpha value is -2.69. The van der Waals surface area contributed by atoms with Crippen molar-refractivity contribution in [3.05, 3.63) is 65.7 Å². The summed E-state index contributed by atoms with van der Waals surface area (Å²) >= 11 is 0. The van der Waals surface area contributed by atoms with Crippen LogP contribution in [0.1, 0.15) is 5.56 Å². The molecular formula is C16H13F2NO2. The van der Waals surface area contributed by atoms with Gasteiger partial charge in [-0.2, -0.15) is 0 Å². The van der Waals surface area contributed by atoms with Crippen LogP contribution in [0.2, 0.25) is 0 Å². The summed E-state index contributed by atoms with van der Waals surface area (Å²) in [4.78, 5) is 12.2. The molecule has 0 spiro atoms. The molecule has 0 aliphatic heterocycles. The molecule has 0 atom stereocenters. The maximum atomic E-state index is 13.9. The first-order chi connectivity index (χ1) is 9.99. The number of benzene rings is 2. The van der Waals surface area contributed by atoms with Crippen LogP contribution in [-0.4, -0.2) is 18.1 Å². The molecule has 0 aromatic heterocycles. The fraction of sp³-hybridized carbons (Fsp3) is 0.0625. The lowest BCUT2D eigenvalue weighted by Crippen LogP contribution is -2.11. The van der Waals surface area contributed by atoms with E-state index in [0.717, 1.165) is 6.08 Å². The highest BCUT2D eigenvalue weighted by molar-refractivity contribution is 5.87. The van der Waals surface area contributed by atoms with Gasteiger partial charge in [0.25, 0.3) is 0 Å². The zero-order chi connectivity index (χ0) is 15.4. The highest BCUT2D eigenvalue weighted by atomic mass is 19.1. The van der Waals surface area contributed by atoms with Gasteiger partial charge in [-0.1, -0.05) is 12.1 Å². The molecule has 0 unspecified atom stereocenters. The fourth-order valence-corrected chi connectivity index (χ4v) is 1.96. The quantitative estimate of drug-likeness (QED) is 0.870. The molecule has 0 radical (unpaired) electrons. The van der Waals surface area contributed by atoms with Crippen molar-refractivity contribution >= 4 is 23.4 Å². The second-order valence-electron chi connectivity index (χ2n) is 4.38. The molecule has 0 aliphatic rings. The molecule has 0 fully saturated rings. The predicted molar refractivity (Wildman–Crippen MR) is 77.5 cm³/mol. The first-order valence-electron chi connectivity index (χ1n) is 6.18. The average molecular weight is 289 g/mol. The van der Waals surface area contributed by atoms with Gasteiger partial charge in [0.15, 0.2) is 0 Å². The number of hydrogen-bond donors (Lipinski definition) is 1. The van der Waals surface area contributed by atoms with Crippen LogP contribution in [0.3, 0.4) is 0 Å². The third-order valence-corrected chi connectivity index (χ3v) is 2.98. The van der Waals surface area contributed by atoms with Crippen molar-refractivity contribution in [3.63, 3.8) is 0 Å². The Kier molecular flexibility index (Phi) is 4.33. The lowest BCUT2D eigenvalue weighted by atomic mass is 10.1. The van der Waals surface area contributed by atoms with Crippen LogP contribution >= 0.6 is 0 Å². The van der Waals surface area contributed by atoms with Gasteiger partial charge in [-0.25, -0.2) is 13.6 Å². The third kappa shape index (κ3) is 3.45. The molecule has 0 heterocycles. The number of hydrogen-bond acceptors (Lipinski definition) is 2. The molecule has 1 N–H and O–H groups in total. The average Bonchev–Trinajstić information content (AvgIpc) is 2.45. The number of halogens is 2. The van der Waals surface area contributed by atoms with E-state index in [0.29, 0.717) is 11.4 Å². The van der Waals surface area contributed by atoms with Crippen molar-refractivity contribution in [2.75, 3.05) is 11.9 Å². The minimum absolute atomic E-state index is 0.131. The third-order valence-electron chi connectivity index (χ3n) is 2.98. The van der Waals surface area contributed by atoms with Crippen molar-refractivity contribution in [1.29, 1.82) is 0 Å². The predicted octanol–water partition coefficient (Wildman–Crippen LogP) is 3.83. The van der Waals surface area contributed by atoms with Crippen LogP contribution in [0, 0.1) is 11.6 Å². The Morgan fingerprint density at radius 3 is 2.57 bits per heavy atom. The first kappa shape index (κ1) is 14.7. The van der Waals surface area contributed by atoms with Crippen LogP contribution in [-0.2, 0) is 4.79 Å². The molecule has 2 rings (SSSR count). The van der Waals surface area contributed by atoms with Crippen molar-refractivity contribution in [2.45, 2.75) is 0 Å². The van der Waals surface area contributed by atoms with E-state index in [-0.39, 0.29) is 5.56 Å².